The SMILES string of the molecule is CC(Cc1c(Cl)cccc1Cl)NC(=O)C(C)C(=O)O. The lowest BCUT2D eigenvalue weighted by Crippen LogP contribution is -2.40. The fraction of sp³-hybridized carbons (Fsp3) is 0.385. The summed E-state index contributed by atoms with van der Waals surface area (Å²) < 4.78 is 0. The highest BCUT2D eigenvalue weighted by atomic mass is 35.5. The van der Waals surface area contributed by atoms with Gasteiger partial charge in [-0.1, -0.05) is 29.3 Å². The van der Waals surface area contributed by atoms with Gasteiger partial charge in [0.15, 0.2) is 0 Å². The fourth-order valence-corrected chi connectivity index (χ4v) is 2.12. The van der Waals surface area contributed by atoms with Crippen LogP contribution in [0.4, 0.5) is 0 Å². The Bertz CT molecular complexity index is 471. The van der Waals surface area contributed by atoms with Crippen LogP contribution in [0.15, 0.2) is 18.2 Å². The van der Waals surface area contributed by atoms with Gasteiger partial charge in [0.25, 0.3) is 0 Å². The third kappa shape index (κ3) is 4.40. The Balaban J connectivity index is 2.68. The van der Waals surface area contributed by atoms with E-state index in [1.165, 1.54) is 6.92 Å². The number of nitrogens with one attached hydrogen (secondary N) is 1. The van der Waals surface area contributed by atoms with E-state index in [0.29, 0.717) is 16.5 Å². The predicted octanol–water partition coefficient (Wildman–Crippen LogP) is 2.76. The maximum absolute atomic E-state index is 11.6. The van der Waals surface area contributed by atoms with Crippen LogP contribution in [0.1, 0.15) is 19.4 Å². The zero-order valence-electron chi connectivity index (χ0n) is 10.6. The van der Waals surface area contributed by atoms with Crippen molar-refractivity contribution in [2.75, 3.05) is 0 Å². The van der Waals surface area contributed by atoms with Gasteiger partial charge in [-0.3, -0.25) is 9.59 Å². The molecule has 1 amide bonds. The molecule has 4 nitrogen and oxygen atoms in total. The molecule has 2 unspecified atom stereocenters. The minimum atomic E-state index is -1.15. The molecule has 0 bridgehead atoms. The van der Waals surface area contributed by atoms with Gasteiger partial charge in [-0.15, -0.1) is 0 Å². The number of carboxylic acids is 1. The molecule has 0 aliphatic heterocycles. The van der Waals surface area contributed by atoms with E-state index in [2.05, 4.69) is 5.32 Å². The molecule has 2 atom stereocenters. The van der Waals surface area contributed by atoms with Crippen molar-refractivity contribution < 1.29 is 14.7 Å². The molecule has 1 aromatic carbocycles. The zero-order valence-corrected chi connectivity index (χ0v) is 12.1. The van der Waals surface area contributed by atoms with Crippen molar-refractivity contribution in [1.29, 1.82) is 0 Å². The van der Waals surface area contributed by atoms with Gasteiger partial charge in [0.05, 0.1) is 0 Å². The van der Waals surface area contributed by atoms with Crippen molar-refractivity contribution in [1.82, 2.24) is 5.32 Å². The zero-order chi connectivity index (χ0) is 14.6. The normalized spacial score (nSPS) is 13.7. The highest BCUT2D eigenvalue weighted by molar-refractivity contribution is 6.36. The number of amides is 1. The van der Waals surface area contributed by atoms with E-state index >= 15 is 0 Å². The van der Waals surface area contributed by atoms with Crippen LogP contribution in [0, 0.1) is 5.92 Å². The first kappa shape index (κ1) is 15.8. The van der Waals surface area contributed by atoms with Crippen LogP contribution in [0.25, 0.3) is 0 Å². The van der Waals surface area contributed by atoms with Crippen molar-refractivity contribution >= 4 is 35.1 Å². The van der Waals surface area contributed by atoms with Gasteiger partial charge in [0.2, 0.25) is 5.91 Å². The molecular formula is C13H15Cl2NO3. The molecule has 0 fully saturated rings. The molecule has 0 aliphatic carbocycles. The van der Waals surface area contributed by atoms with Crippen LogP contribution >= 0.6 is 23.2 Å². The number of carboxylic acid groups (broad SMARTS) is 1. The van der Waals surface area contributed by atoms with Gasteiger partial charge in [0, 0.05) is 16.1 Å². The second kappa shape index (κ2) is 6.78. The third-order valence-corrected chi connectivity index (χ3v) is 3.43. The van der Waals surface area contributed by atoms with Gasteiger partial charge in [-0.05, 0) is 38.0 Å². The van der Waals surface area contributed by atoms with E-state index in [0.717, 1.165) is 5.56 Å². The highest BCUT2D eigenvalue weighted by Gasteiger charge is 2.22. The second-order valence-corrected chi connectivity index (χ2v) is 5.19. The van der Waals surface area contributed by atoms with Gasteiger partial charge in [-0.25, -0.2) is 0 Å². The van der Waals surface area contributed by atoms with Crippen LogP contribution in [-0.4, -0.2) is 23.0 Å². The summed E-state index contributed by atoms with van der Waals surface area (Å²) in [5.74, 6) is -2.76. The summed E-state index contributed by atoms with van der Waals surface area (Å²) in [7, 11) is 0. The molecule has 0 saturated carbocycles. The smallest absolute Gasteiger partial charge is 0.315 e. The number of halogens is 2. The summed E-state index contributed by atoms with van der Waals surface area (Å²) in [6.07, 6.45) is 0.441. The van der Waals surface area contributed by atoms with Crippen molar-refractivity contribution in [2.24, 2.45) is 5.92 Å². The minimum Gasteiger partial charge on any atom is -0.481 e. The number of benzene rings is 1. The Morgan fingerprint density at radius 2 is 1.79 bits per heavy atom. The summed E-state index contributed by atoms with van der Waals surface area (Å²) in [6, 6.07) is 4.92. The molecule has 0 spiro atoms. The van der Waals surface area contributed by atoms with E-state index in [1.807, 2.05) is 0 Å². The fourth-order valence-electron chi connectivity index (χ4n) is 1.56. The van der Waals surface area contributed by atoms with Gasteiger partial charge >= 0.3 is 5.97 Å². The van der Waals surface area contributed by atoms with Gasteiger partial charge in [0.1, 0.15) is 5.92 Å². The summed E-state index contributed by atoms with van der Waals surface area (Å²) in [5, 5.41) is 12.4. The van der Waals surface area contributed by atoms with Crippen LogP contribution in [-0.2, 0) is 16.0 Å². The molecule has 0 aliphatic rings. The van der Waals surface area contributed by atoms with E-state index in [1.54, 1.807) is 25.1 Å². The first-order valence-electron chi connectivity index (χ1n) is 5.79. The van der Waals surface area contributed by atoms with Crippen LogP contribution in [0.3, 0.4) is 0 Å². The molecule has 1 rings (SSSR count). The molecule has 6 heteroatoms. The van der Waals surface area contributed by atoms with Crippen LogP contribution in [0.2, 0.25) is 10.0 Å². The summed E-state index contributed by atoms with van der Waals surface area (Å²) in [4.78, 5) is 22.3. The summed E-state index contributed by atoms with van der Waals surface area (Å²) >= 11 is 12.1. The lowest BCUT2D eigenvalue weighted by Gasteiger charge is -2.17. The number of hydrogen-bond acceptors (Lipinski definition) is 2. The van der Waals surface area contributed by atoms with Crippen molar-refractivity contribution in [3.05, 3.63) is 33.8 Å². The van der Waals surface area contributed by atoms with Crippen molar-refractivity contribution in [3.63, 3.8) is 0 Å². The van der Waals surface area contributed by atoms with Gasteiger partial charge in [-0.2, -0.15) is 0 Å². The predicted molar refractivity (Wildman–Crippen MR) is 74.6 cm³/mol. The molecule has 19 heavy (non-hydrogen) atoms. The Morgan fingerprint density at radius 1 is 1.26 bits per heavy atom. The Hall–Kier alpha value is -1.26. The molecule has 104 valence electrons. The average molecular weight is 304 g/mol. The lowest BCUT2D eigenvalue weighted by atomic mass is 10.1. The first-order valence-corrected chi connectivity index (χ1v) is 6.54. The average Bonchev–Trinajstić information content (AvgIpc) is 2.32. The number of carbonyl (C=O) groups is 2. The summed E-state index contributed by atoms with van der Waals surface area (Å²) in [6.45, 7) is 3.11. The van der Waals surface area contributed by atoms with Crippen LogP contribution < -0.4 is 5.32 Å². The Kier molecular flexibility index (Phi) is 5.63. The maximum atomic E-state index is 11.6. The van der Waals surface area contributed by atoms with Crippen molar-refractivity contribution in [3.8, 4) is 0 Å². The first-order chi connectivity index (χ1) is 8.82. The molecule has 1 aromatic rings. The Morgan fingerprint density at radius 3 is 2.26 bits per heavy atom. The van der Waals surface area contributed by atoms with Gasteiger partial charge < -0.3 is 10.4 Å². The second-order valence-electron chi connectivity index (χ2n) is 4.37. The van der Waals surface area contributed by atoms with E-state index in [9.17, 15) is 9.59 Å². The van der Waals surface area contributed by atoms with Crippen LogP contribution in [0.5, 0.6) is 0 Å². The third-order valence-electron chi connectivity index (χ3n) is 2.72. The molecule has 0 heterocycles. The quantitative estimate of drug-likeness (QED) is 0.822. The number of carbonyl (C=O) groups excluding carboxylic acids is 1. The molecule has 0 aromatic heterocycles. The van der Waals surface area contributed by atoms with Crippen molar-refractivity contribution in [2.45, 2.75) is 26.3 Å². The van der Waals surface area contributed by atoms with E-state index in [-0.39, 0.29) is 6.04 Å². The monoisotopic (exact) mass is 303 g/mol. The number of aliphatic carboxylic acids is 1. The standard InChI is InChI=1S/C13H15Cl2NO3/c1-7(16-12(17)8(2)13(18)19)6-9-10(14)4-3-5-11(9)15/h3-5,7-8H,6H2,1-2H3,(H,16,17)(H,18,19). The van der Waals surface area contributed by atoms with E-state index < -0.39 is 17.8 Å². The number of hydrogen-bond donors (Lipinski definition) is 2. The van der Waals surface area contributed by atoms with E-state index in [4.69, 9.17) is 28.3 Å². The molecule has 0 radical (unpaired) electrons. The summed E-state index contributed by atoms with van der Waals surface area (Å²) in [5.41, 5.74) is 0.738. The molecule has 2 N–H and O–H groups in total. The minimum absolute atomic E-state index is 0.258. The Labute approximate surface area is 121 Å². The largest absolute Gasteiger partial charge is 0.481 e. The lowest BCUT2D eigenvalue weighted by molar-refractivity contribution is -0.146. The number of rotatable bonds is 5. The molecular weight excluding hydrogens is 289 g/mol. The maximum Gasteiger partial charge on any atom is 0.315 e. The molecule has 0 saturated heterocycles. The topological polar surface area (TPSA) is 66.4 Å². The highest BCUT2D eigenvalue weighted by Crippen LogP contribution is 2.25.